The minimum absolute atomic E-state index is 0.0961. The van der Waals surface area contributed by atoms with E-state index in [1.165, 1.54) is 24.9 Å². The number of carbonyl (C=O) groups excluding carboxylic acids is 1. The molecule has 0 aliphatic heterocycles. The molecule has 0 aromatic heterocycles. The average molecular weight is 235 g/mol. The molecule has 1 aromatic carbocycles. The Hall–Kier alpha value is -0.740. The number of ether oxygens (including phenoxy) is 1. The molecule has 1 rings (SSSR count). The summed E-state index contributed by atoms with van der Waals surface area (Å²) in [6.45, 7) is 0. The number of rotatable bonds is 2. The number of esters is 1. The van der Waals surface area contributed by atoms with Crippen molar-refractivity contribution in [1.29, 1.82) is 0 Å². The lowest BCUT2D eigenvalue weighted by Gasteiger charge is -2.05. The second kappa shape index (κ2) is 4.66. The Morgan fingerprint density at radius 2 is 2.21 bits per heavy atom. The summed E-state index contributed by atoms with van der Waals surface area (Å²) in [7, 11) is 1.20. The zero-order valence-corrected chi connectivity index (χ0v) is 9.21. The van der Waals surface area contributed by atoms with Gasteiger partial charge in [0.15, 0.2) is 0 Å². The van der Waals surface area contributed by atoms with Gasteiger partial charge in [0.1, 0.15) is 5.82 Å². The van der Waals surface area contributed by atoms with Gasteiger partial charge in [-0.05, 0) is 18.4 Å². The Morgan fingerprint density at radius 1 is 1.57 bits per heavy atom. The van der Waals surface area contributed by atoms with Gasteiger partial charge in [0, 0.05) is 4.90 Å². The lowest BCUT2D eigenvalue weighted by atomic mass is 10.2. The first-order valence-electron chi connectivity index (χ1n) is 3.71. The van der Waals surface area contributed by atoms with Crippen LogP contribution in [0.15, 0.2) is 17.0 Å². The minimum atomic E-state index is -0.700. The zero-order valence-electron chi connectivity index (χ0n) is 7.64. The van der Waals surface area contributed by atoms with Crippen LogP contribution in [0.4, 0.5) is 4.39 Å². The number of halogens is 2. The summed E-state index contributed by atoms with van der Waals surface area (Å²) in [4.78, 5) is 11.7. The minimum Gasteiger partial charge on any atom is -0.465 e. The largest absolute Gasteiger partial charge is 0.465 e. The van der Waals surface area contributed by atoms with Gasteiger partial charge in [-0.25, -0.2) is 9.18 Å². The van der Waals surface area contributed by atoms with Crippen LogP contribution in [-0.4, -0.2) is 19.3 Å². The molecule has 0 spiro atoms. The van der Waals surface area contributed by atoms with Crippen LogP contribution in [0.2, 0.25) is 5.02 Å². The summed E-state index contributed by atoms with van der Waals surface area (Å²) in [5.74, 6) is -1.37. The van der Waals surface area contributed by atoms with Gasteiger partial charge in [0.2, 0.25) is 0 Å². The van der Waals surface area contributed by atoms with Crippen LogP contribution in [0, 0.1) is 5.82 Å². The highest BCUT2D eigenvalue weighted by atomic mass is 35.5. The van der Waals surface area contributed by atoms with Gasteiger partial charge in [0.05, 0.1) is 17.7 Å². The fraction of sp³-hybridized carbons (Fsp3) is 0.222. The van der Waals surface area contributed by atoms with Gasteiger partial charge in [-0.2, -0.15) is 0 Å². The summed E-state index contributed by atoms with van der Waals surface area (Å²) < 4.78 is 17.6. The molecule has 0 amide bonds. The highest BCUT2D eigenvalue weighted by Crippen LogP contribution is 2.28. The Bertz CT molecular complexity index is 368. The second-order valence-electron chi connectivity index (χ2n) is 2.46. The van der Waals surface area contributed by atoms with Crippen molar-refractivity contribution in [2.75, 3.05) is 13.4 Å². The SMILES string of the molecule is COC(=O)c1cc(SC)c(Cl)cc1F. The monoisotopic (exact) mass is 234 g/mol. The molecule has 1 aromatic rings. The van der Waals surface area contributed by atoms with E-state index in [4.69, 9.17) is 11.6 Å². The molecule has 0 fully saturated rings. The van der Waals surface area contributed by atoms with E-state index < -0.39 is 11.8 Å². The molecule has 0 atom stereocenters. The van der Waals surface area contributed by atoms with Crippen LogP contribution in [0.5, 0.6) is 0 Å². The first-order valence-corrected chi connectivity index (χ1v) is 5.31. The molecule has 0 bridgehead atoms. The van der Waals surface area contributed by atoms with Crippen molar-refractivity contribution >= 4 is 29.3 Å². The molecule has 0 saturated carbocycles. The van der Waals surface area contributed by atoms with E-state index in [0.29, 0.717) is 9.92 Å². The molecule has 5 heteroatoms. The van der Waals surface area contributed by atoms with Crippen molar-refractivity contribution in [3.8, 4) is 0 Å². The third kappa shape index (κ3) is 2.19. The predicted molar refractivity (Wildman–Crippen MR) is 54.5 cm³/mol. The molecule has 0 radical (unpaired) electrons. The second-order valence-corrected chi connectivity index (χ2v) is 3.71. The molecule has 2 nitrogen and oxygen atoms in total. The van der Waals surface area contributed by atoms with Gasteiger partial charge in [-0.3, -0.25) is 0 Å². The summed E-state index contributed by atoms with van der Waals surface area (Å²) in [6.07, 6.45) is 1.79. The quantitative estimate of drug-likeness (QED) is 0.581. The fourth-order valence-corrected chi connectivity index (χ4v) is 1.82. The van der Waals surface area contributed by atoms with E-state index in [1.807, 2.05) is 0 Å². The van der Waals surface area contributed by atoms with E-state index in [1.54, 1.807) is 6.26 Å². The first-order chi connectivity index (χ1) is 6.60. The van der Waals surface area contributed by atoms with E-state index in [9.17, 15) is 9.18 Å². The Kier molecular flexibility index (Phi) is 3.77. The standard InChI is InChI=1S/C9H8ClFO2S/c1-13-9(12)5-3-8(14-2)6(10)4-7(5)11/h3-4H,1-2H3. The van der Waals surface area contributed by atoms with Crippen molar-refractivity contribution in [3.63, 3.8) is 0 Å². The smallest absolute Gasteiger partial charge is 0.340 e. The lowest BCUT2D eigenvalue weighted by molar-refractivity contribution is 0.0595. The third-order valence-corrected chi connectivity index (χ3v) is 2.85. The maximum absolute atomic E-state index is 13.2. The number of benzene rings is 1. The van der Waals surface area contributed by atoms with Crippen LogP contribution in [0.3, 0.4) is 0 Å². The van der Waals surface area contributed by atoms with Crippen LogP contribution < -0.4 is 0 Å². The lowest BCUT2D eigenvalue weighted by Crippen LogP contribution is -2.04. The third-order valence-electron chi connectivity index (χ3n) is 1.65. The number of hydrogen-bond acceptors (Lipinski definition) is 3. The van der Waals surface area contributed by atoms with Crippen molar-refractivity contribution < 1.29 is 13.9 Å². The molecule has 0 aliphatic rings. The Balaban J connectivity index is 3.24. The molecule has 0 heterocycles. The highest BCUT2D eigenvalue weighted by Gasteiger charge is 2.14. The Labute approximate surface area is 90.4 Å². The fourth-order valence-electron chi connectivity index (χ4n) is 0.952. The van der Waals surface area contributed by atoms with Gasteiger partial charge >= 0.3 is 5.97 Å². The molecule has 14 heavy (non-hydrogen) atoms. The number of carbonyl (C=O) groups is 1. The van der Waals surface area contributed by atoms with Crippen molar-refractivity contribution in [2.24, 2.45) is 0 Å². The van der Waals surface area contributed by atoms with E-state index >= 15 is 0 Å². The maximum atomic E-state index is 13.2. The number of thioether (sulfide) groups is 1. The molecular weight excluding hydrogens is 227 g/mol. The predicted octanol–water partition coefficient (Wildman–Crippen LogP) is 2.99. The average Bonchev–Trinajstić information content (AvgIpc) is 2.17. The van der Waals surface area contributed by atoms with Crippen molar-refractivity contribution in [1.82, 2.24) is 0 Å². The molecule has 76 valence electrons. The zero-order chi connectivity index (χ0) is 10.7. The first kappa shape index (κ1) is 11.3. The number of methoxy groups -OCH3 is 1. The van der Waals surface area contributed by atoms with Gasteiger partial charge in [-0.15, -0.1) is 11.8 Å². The maximum Gasteiger partial charge on any atom is 0.340 e. The van der Waals surface area contributed by atoms with Gasteiger partial charge in [0.25, 0.3) is 0 Å². The summed E-state index contributed by atoms with van der Waals surface area (Å²) in [5.41, 5.74) is -0.0961. The highest BCUT2D eigenvalue weighted by molar-refractivity contribution is 7.98. The van der Waals surface area contributed by atoms with Gasteiger partial charge in [-0.1, -0.05) is 11.6 Å². The van der Waals surface area contributed by atoms with Crippen molar-refractivity contribution in [3.05, 3.63) is 28.5 Å². The van der Waals surface area contributed by atoms with E-state index in [-0.39, 0.29) is 5.56 Å². The number of hydrogen-bond donors (Lipinski definition) is 0. The van der Waals surface area contributed by atoms with Crippen LogP contribution in [0.25, 0.3) is 0 Å². The topological polar surface area (TPSA) is 26.3 Å². The molecule has 0 N–H and O–H groups in total. The molecule has 0 aliphatic carbocycles. The summed E-state index contributed by atoms with van der Waals surface area (Å²) >= 11 is 7.08. The van der Waals surface area contributed by atoms with Crippen LogP contribution in [0.1, 0.15) is 10.4 Å². The Morgan fingerprint density at radius 3 is 2.71 bits per heavy atom. The normalized spacial score (nSPS) is 10.0. The van der Waals surface area contributed by atoms with Crippen LogP contribution >= 0.6 is 23.4 Å². The summed E-state index contributed by atoms with van der Waals surface area (Å²) in [5, 5.41) is 0.294. The van der Waals surface area contributed by atoms with Gasteiger partial charge < -0.3 is 4.74 Å². The van der Waals surface area contributed by atoms with E-state index in [2.05, 4.69) is 4.74 Å². The molecule has 0 unspecified atom stereocenters. The molecular formula is C9H8ClFO2S. The molecule has 0 saturated heterocycles. The van der Waals surface area contributed by atoms with Crippen molar-refractivity contribution in [2.45, 2.75) is 4.90 Å². The van der Waals surface area contributed by atoms with E-state index in [0.717, 1.165) is 6.07 Å². The van der Waals surface area contributed by atoms with Crippen LogP contribution in [-0.2, 0) is 4.74 Å². The summed E-state index contributed by atoms with van der Waals surface area (Å²) in [6, 6.07) is 2.49.